The highest BCUT2D eigenvalue weighted by Crippen LogP contribution is 2.37. The molecule has 0 aromatic rings. The van der Waals surface area contributed by atoms with E-state index in [-0.39, 0.29) is 0 Å². The molecule has 0 N–H and O–H groups in total. The summed E-state index contributed by atoms with van der Waals surface area (Å²) in [6.45, 7) is 21.3. The number of hydrogen-bond donors (Lipinski definition) is 0. The molecule has 0 heterocycles. The lowest BCUT2D eigenvalue weighted by molar-refractivity contribution is -0.166. The molecule has 430 valence electrons. The van der Waals surface area contributed by atoms with Gasteiger partial charge in [-0.05, 0) is 168 Å². The number of esters is 4. The van der Waals surface area contributed by atoms with E-state index in [1.165, 1.54) is 128 Å². The molecule has 0 spiro atoms. The van der Waals surface area contributed by atoms with Crippen molar-refractivity contribution in [3.05, 3.63) is 0 Å². The van der Waals surface area contributed by atoms with Crippen LogP contribution in [0.25, 0.3) is 0 Å². The molecular formula is C65H117NO8. The van der Waals surface area contributed by atoms with Gasteiger partial charge in [0.2, 0.25) is 0 Å². The Kier molecular flexibility index (Phi) is 32.0. The van der Waals surface area contributed by atoms with Crippen molar-refractivity contribution in [2.24, 2.45) is 82.9 Å². The van der Waals surface area contributed by atoms with E-state index < -0.39 is 35.7 Å². The maximum absolute atomic E-state index is 13.8. The number of carbonyl (C=O) groups is 4. The quantitative estimate of drug-likeness (QED) is 0.0344. The molecule has 4 rings (SSSR count). The normalized spacial score (nSPS) is 25.6. The molecule has 0 bridgehead atoms. The third-order valence-corrected chi connectivity index (χ3v) is 18.5. The molecule has 0 aliphatic heterocycles. The second-order valence-corrected chi connectivity index (χ2v) is 27.1. The monoisotopic (exact) mass is 1040 g/mol. The van der Waals surface area contributed by atoms with E-state index in [9.17, 15) is 19.2 Å². The molecule has 9 heteroatoms. The van der Waals surface area contributed by atoms with Crippen molar-refractivity contribution >= 4 is 23.9 Å². The van der Waals surface area contributed by atoms with Gasteiger partial charge in [-0.15, -0.1) is 0 Å². The Balaban J connectivity index is 1.27. The predicted molar refractivity (Wildman–Crippen MR) is 303 cm³/mol. The summed E-state index contributed by atoms with van der Waals surface area (Å²) >= 11 is 0. The Bertz CT molecular complexity index is 1290. The second-order valence-electron chi connectivity index (χ2n) is 27.1. The standard InChI is InChI=1S/C65H117NO8/c1-48(2)16-10-20-52-26-34-56(35-27-52)44-71-62(67)60(63(68)72-45-57-36-28-53(29-37-57)21-11-17-49(3)4)24-14-42-66(9)43-15-25-61(64(69)73-46-58-38-30-54(31-39-58)22-12-18-50(5)6)65(70)74-47-59-40-32-55(33-41-59)23-13-19-51(7)8/h48-61H,10-47H2,1-9H3. The van der Waals surface area contributed by atoms with Crippen molar-refractivity contribution in [1.29, 1.82) is 0 Å². The van der Waals surface area contributed by atoms with E-state index >= 15 is 0 Å². The molecule has 0 atom stereocenters. The zero-order valence-corrected chi connectivity index (χ0v) is 49.7. The van der Waals surface area contributed by atoms with Crippen LogP contribution >= 0.6 is 0 Å². The van der Waals surface area contributed by atoms with Crippen molar-refractivity contribution in [1.82, 2.24) is 4.90 Å². The van der Waals surface area contributed by atoms with E-state index in [1.807, 2.05) is 7.05 Å². The van der Waals surface area contributed by atoms with Crippen LogP contribution < -0.4 is 0 Å². The summed E-state index contributed by atoms with van der Waals surface area (Å²) in [6, 6.07) is 0. The molecule has 0 radical (unpaired) electrons. The predicted octanol–water partition coefficient (Wildman–Crippen LogP) is 16.4. The molecule has 0 saturated heterocycles. The smallest absolute Gasteiger partial charge is 0.320 e. The van der Waals surface area contributed by atoms with Gasteiger partial charge in [0.1, 0.15) is 0 Å². The largest absolute Gasteiger partial charge is 0.465 e. The van der Waals surface area contributed by atoms with Gasteiger partial charge in [-0.2, -0.15) is 0 Å². The first kappa shape index (κ1) is 64.4. The molecule has 0 aromatic heterocycles. The lowest BCUT2D eigenvalue weighted by atomic mass is 9.80. The van der Waals surface area contributed by atoms with Gasteiger partial charge in [-0.25, -0.2) is 0 Å². The molecule has 4 fully saturated rings. The molecule has 0 aromatic carbocycles. The minimum absolute atomic E-state index is 0.353. The topological polar surface area (TPSA) is 108 Å². The van der Waals surface area contributed by atoms with Gasteiger partial charge in [0.25, 0.3) is 0 Å². The summed E-state index contributed by atoms with van der Waals surface area (Å²) in [7, 11) is 2.04. The van der Waals surface area contributed by atoms with Gasteiger partial charge >= 0.3 is 23.9 Å². The summed E-state index contributed by atoms with van der Waals surface area (Å²) in [5, 5.41) is 0. The van der Waals surface area contributed by atoms with Gasteiger partial charge in [0, 0.05) is 0 Å². The highest BCUT2D eigenvalue weighted by molar-refractivity contribution is 5.95. The zero-order valence-electron chi connectivity index (χ0n) is 49.7. The van der Waals surface area contributed by atoms with Gasteiger partial charge in [-0.3, -0.25) is 19.2 Å². The summed E-state index contributed by atoms with van der Waals surface area (Å²) in [5.41, 5.74) is 0. The maximum Gasteiger partial charge on any atom is 0.320 e. The van der Waals surface area contributed by atoms with Gasteiger partial charge < -0.3 is 23.8 Å². The minimum atomic E-state index is -0.933. The summed E-state index contributed by atoms with van der Waals surface area (Å²) in [4.78, 5) is 57.5. The Morgan fingerprint density at radius 3 is 0.730 bits per heavy atom. The molecule has 4 aliphatic rings. The van der Waals surface area contributed by atoms with Gasteiger partial charge in [0.15, 0.2) is 11.8 Å². The highest BCUT2D eigenvalue weighted by atomic mass is 16.6. The van der Waals surface area contributed by atoms with Crippen molar-refractivity contribution in [3.8, 4) is 0 Å². The fourth-order valence-corrected chi connectivity index (χ4v) is 13.1. The number of hydrogen-bond acceptors (Lipinski definition) is 9. The van der Waals surface area contributed by atoms with E-state index in [4.69, 9.17) is 18.9 Å². The lowest BCUT2D eigenvalue weighted by Crippen LogP contribution is -2.33. The van der Waals surface area contributed by atoms with Crippen LogP contribution in [-0.2, 0) is 38.1 Å². The van der Waals surface area contributed by atoms with E-state index in [0.29, 0.717) is 88.9 Å². The molecule has 4 saturated carbocycles. The zero-order chi connectivity index (χ0) is 53.7. The van der Waals surface area contributed by atoms with E-state index in [1.54, 1.807) is 0 Å². The van der Waals surface area contributed by atoms with Crippen molar-refractivity contribution < 1.29 is 38.1 Å². The van der Waals surface area contributed by atoms with Crippen LogP contribution in [0, 0.1) is 82.9 Å². The van der Waals surface area contributed by atoms with Crippen LogP contribution in [-0.4, -0.2) is 75.3 Å². The van der Waals surface area contributed by atoms with Gasteiger partial charge in [-0.1, -0.05) is 184 Å². The molecule has 0 amide bonds. The van der Waals surface area contributed by atoms with Crippen LogP contribution in [0.4, 0.5) is 0 Å². The average Bonchev–Trinajstić information content (AvgIpc) is 3.37. The molecule has 4 aliphatic carbocycles. The van der Waals surface area contributed by atoms with Crippen LogP contribution in [0.15, 0.2) is 0 Å². The molecule has 74 heavy (non-hydrogen) atoms. The average molecular weight is 1040 g/mol. The Morgan fingerprint density at radius 2 is 0.527 bits per heavy atom. The SMILES string of the molecule is CC(C)CCCC1CCC(COC(=O)C(CCCN(C)CCCC(C(=O)OCC2CCC(CCCC(C)C)CC2)C(=O)OCC2CCC(CCCC(C)C)CC2)C(=O)OCC2CCC(CCCC(C)C)CC2)CC1. The molecular weight excluding hydrogens is 923 g/mol. The third kappa shape index (κ3) is 27.4. The van der Waals surface area contributed by atoms with Crippen molar-refractivity contribution in [2.45, 2.75) is 261 Å². The minimum Gasteiger partial charge on any atom is -0.465 e. The fraction of sp³-hybridized carbons (Fsp3) is 0.938. The van der Waals surface area contributed by atoms with Crippen LogP contribution in [0.2, 0.25) is 0 Å². The van der Waals surface area contributed by atoms with Crippen molar-refractivity contribution in [3.63, 3.8) is 0 Å². The van der Waals surface area contributed by atoms with Crippen LogP contribution in [0.1, 0.15) is 261 Å². The number of carbonyl (C=O) groups excluding carboxylic acids is 4. The van der Waals surface area contributed by atoms with E-state index in [2.05, 4.69) is 60.3 Å². The Hall–Kier alpha value is -2.16. The molecule has 9 nitrogen and oxygen atoms in total. The molecule has 0 unspecified atom stereocenters. The summed E-state index contributed by atoms with van der Waals surface area (Å²) < 4.78 is 24.0. The first-order valence-electron chi connectivity index (χ1n) is 31.9. The fourth-order valence-electron chi connectivity index (χ4n) is 13.1. The maximum atomic E-state index is 13.8. The Labute approximate surface area is 455 Å². The van der Waals surface area contributed by atoms with Crippen molar-refractivity contribution in [2.75, 3.05) is 46.6 Å². The van der Waals surface area contributed by atoms with Gasteiger partial charge in [0.05, 0.1) is 26.4 Å². The number of ether oxygens (including phenoxy) is 4. The van der Waals surface area contributed by atoms with Crippen LogP contribution in [0.5, 0.6) is 0 Å². The highest BCUT2D eigenvalue weighted by Gasteiger charge is 2.35. The first-order valence-corrected chi connectivity index (χ1v) is 31.9. The first-order chi connectivity index (χ1) is 35.5. The Morgan fingerprint density at radius 1 is 0.324 bits per heavy atom. The van der Waals surface area contributed by atoms with E-state index in [0.717, 1.165) is 98.7 Å². The number of rotatable bonds is 36. The van der Waals surface area contributed by atoms with Crippen LogP contribution in [0.3, 0.4) is 0 Å². The lowest BCUT2D eigenvalue weighted by Gasteiger charge is -2.29. The number of nitrogens with zero attached hydrogens (tertiary/aromatic N) is 1. The summed E-state index contributed by atoms with van der Waals surface area (Å²) in [6.07, 6.45) is 35.7. The second kappa shape index (κ2) is 36.8. The summed E-state index contributed by atoms with van der Waals surface area (Å²) in [5.74, 6) is 3.90. The third-order valence-electron chi connectivity index (χ3n) is 18.5.